The van der Waals surface area contributed by atoms with Gasteiger partial charge < -0.3 is 10.2 Å². The predicted octanol–water partition coefficient (Wildman–Crippen LogP) is 2.69. The molecule has 0 aliphatic carbocycles. The predicted molar refractivity (Wildman–Crippen MR) is 89.3 cm³/mol. The van der Waals surface area contributed by atoms with Crippen LogP contribution in [-0.2, 0) is 12.8 Å². The Labute approximate surface area is 131 Å². The molecule has 1 aliphatic heterocycles. The maximum atomic E-state index is 4.62. The number of benzene rings is 1. The second kappa shape index (κ2) is 6.73. The van der Waals surface area contributed by atoms with Crippen LogP contribution in [0.3, 0.4) is 0 Å². The van der Waals surface area contributed by atoms with Crippen LogP contribution in [-0.4, -0.2) is 34.3 Å². The van der Waals surface area contributed by atoms with Gasteiger partial charge in [-0.1, -0.05) is 32.0 Å². The zero-order valence-corrected chi connectivity index (χ0v) is 13.3. The van der Waals surface area contributed by atoms with Crippen molar-refractivity contribution in [2.45, 2.75) is 39.2 Å². The van der Waals surface area contributed by atoms with Gasteiger partial charge in [0.1, 0.15) is 0 Å². The van der Waals surface area contributed by atoms with Crippen LogP contribution >= 0.6 is 0 Å². The van der Waals surface area contributed by atoms with Gasteiger partial charge in [-0.2, -0.15) is 5.10 Å². The van der Waals surface area contributed by atoms with E-state index in [1.807, 2.05) is 0 Å². The first-order valence-corrected chi connectivity index (χ1v) is 8.09. The number of para-hydroxylation sites is 1. The molecule has 1 atom stereocenters. The third-order valence-corrected chi connectivity index (χ3v) is 4.15. The number of nitrogens with zero attached hydrogens (tertiary/aromatic N) is 4. The van der Waals surface area contributed by atoms with Crippen LogP contribution in [0.4, 0.5) is 11.6 Å². The lowest BCUT2D eigenvalue weighted by Crippen LogP contribution is -2.27. The minimum atomic E-state index is 0.374. The molecule has 1 aromatic carbocycles. The molecule has 0 radical (unpaired) electrons. The molecule has 0 bridgehead atoms. The van der Waals surface area contributed by atoms with Crippen LogP contribution in [0.25, 0.3) is 0 Å². The number of hydrogen-bond donors (Lipinski definition) is 1. The zero-order chi connectivity index (χ0) is 15.4. The lowest BCUT2D eigenvalue weighted by Gasteiger charge is -2.19. The van der Waals surface area contributed by atoms with E-state index in [0.717, 1.165) is 43.7 Å². The van der Waals surface area contributed by atoms with E-state index >= 15 is 0 Å². The molecule has 0 spiro atoms. The van der Waals surface area contributed by atoms with Gasteiger partial charge in [0.25, 0.3) is 0 Å². The fourth-order valence-corrected chi connectivity index (χ4v) is 2.93. The summed E-state index contributed by atoms with van der Waals surface area (Å²) in [6, 6.07) is 10.9. The molecule has 1 unspecified atom stereocenters. The maximum absolute atomic E-state index is 4.62. The van der Waals surface area contributed by atoms with Gasteiger partial charge in [0.2, 0.25) is 5.95 Å². The Balaban J connectivity index is 1.65. The third kappa shape index (κ3) is 3.18. The molecular weight excluding hydrogens is 274 g/mol. The molecule has 1 N–H and O–H groups in total. The average molecular weight is 297 g/mol. The summed E-state index contributed by atoms with van der Waals surface area (Å²) >= 11 is 0. The third-order valence-electron chi connectivity index (χ3n) is 4.15. The summed E-state index contributed by atoms with van der Waals surface area (Å²) < 4.78 is 0. The van der Waals surface area contributed by atoms with Gasteiger partial charge in [-0.25, -0.2) is 4.98 Å². The number of anilines is 2. The van der Waals surface area contributed by atoms with E-state index in [4.69, 9.17) is 0 Å². The van der Waals surface area contributed by atoms with E-state index in [1.54, 1.807) is 0 Å². The van der Waals surface area contributed by atoms with Crippen molar-refractivity contribution in [2.75, 3.05) is 23.3 Å². The highest BCUT2D eigenvalue weighted by Crippen LogP contribution is 2.21. The maximum Gasteiger partial charge on any atom is 0.243 e. The number of aromatic nitrogens is 3. The number of rotatable bonds is 5. The molecule has 0 amide bonds. The zero-order valence-electron chi connectivity index (χ0n) is 13.3. The Bertz CT molecular complexity index is 614. The van der Waals surface area contributed by atoms with Crippen LogP contribution < -0.4 is 10.2 Å². The Morgan fingerprint density at radius 3 is 2.59 bits per heavy atom. The summed E-state index contributed by atoms with van der Waals surface area (Å²) in [5.41, 5.74) is 3.34. The van der Waals surface area contributed by atoms with Gasteiger partial charge in [0.15, 0.2) is 0 Å². The van der Waals surface area contributed by atoms with Crippen LogP contribution in [0.1, 0.15) is 31.7 Å². The van der Waals surface area contributed by atoms with Crippen molar-refractivity contribution in [3.05, 3.63) is 41.7 Å². The van der Waals surface area contributed by atoms with Crippen molar-refractivity contribution >= 4 is 11.6 Å². The largest absolute Gasteiger partial charge is 0.369 e. The Morgan fingerprint density at radius 2 is 1.86 bits per heavy atom. The minimum Gasteiger partial charge on any atom is -0.369 e. The minimum absolute atomic E-state index is 0.374. The van der Waals surface area contributed by atoms with Crippen LogP contribution in [0, 0.1) is 0 Å². The van der Waals surface area contributed by atoms with Crippen LogP contribution in [0.2, 0.25) is 0 Å². The van der Waals surface area contributed by atoms with E-state index in [0.29, 0.717) is 12.0 Å². The average Bonchev–Trinajstić information content (AvgIpc) is 3.04. The molecule has 2 heterocycles. The molecule has 5 heteroatoms. The summed E-state index contributed by atoms with van der Waals surface area (Å²) in [4.78, 5) is 7.02. The topological polar surface area (TPSA) is 53.9 Å². The lowest BCUT2D eigenvalue weighted by molar-refractivity contribution is 0.760. The molecular formula is C17H23N5. The molecule has 1 aromatic heterocycles. The number of aryl methyl sites for hydroxylation is 2. The molecule has 2 aromatic rings. The van der Waals surface area contributed by atoms with E-state index in [2.05, 4.69) is 69.6 Å². The van der Waals surface area contributed by atoms with E-state index < -0.39 is 0 Å². The summed E-state index contributed by atoms with van der Waals surface area (Å²) in [5, 5.41) is 12.0. The summed E-state index contributed by atoms with van der Waals surface area (Å²) in [6.07, 6.45) is 2.87. The lowest BCUT2D eigenvalue weighted by atomic mass is 10.2. The molecule has 22 heavy (non-hydrogen) atoms. The normalized spacial score (nSPS) is 17.7. The molecule has 1 fully saturated rings. The van der Waals surface area contributed by atoms with Crippen LogP contribution in [0.15, 0.2) is 30.3 Å². The summed E-state index contributed by atoms with van der Waals surface area (Å²) in [7, 11) is 0. The fraction of sp³-hybridized carbons (Fsp3) is 0.471. The number of nitrogens with one attached hydrogen (secondary N) is 1. The highest BCUT2D eigenvalue weighted by molar-refractivity contribution is 5.48. The molecule has 5 nitrogen and oxygen atoms in total. The Kier molecular flexibility index (Phi) is 4.51. The van der Waals surface area contributed by atoms with Crippen molar-refractivity contribution < 1.29 is 0 Å². The monoisotopic (exact) mass is 297 g/mol. The first kappa shape index (κ1) is 14.8. The van der Waals surface area contributed by atoms with E-state index in [9.17, 15) is 0 Å². The first-order chi connectivity index (χ1) is 10.8. The summed E-state index contributed by atoms with van der Waals surface area (Å²) in [6.45, 7) is 6.24. The van der Waals surface area contributed by atoms with Gasteiger partial charge in [-0.15, -0.1) is 5.10 Å². The quantitative estimate of drug-likeness (QED) is 0.919. The Hall–Kier alpha value is -2.17. The highest BCUT2D eigenvalue weighted by atomic mass is 15.3. The standard InChI is InChI=1S/C17H23N5/c1-3-15-16(4-2)20-21-17(19-15)18-13-10-11-22(12-13)14-8-6-5-7-9-14/h5-9,13H,3-4,10-12H2,1-2H3,(H,18,19,21). The van der Waals surface area contributed by atoms with E-state index in [1.165, 1.54) is 5.69 Å². The number of hydrogen-bond acceptors (Lipinski definition) is 5. The van der Waals surface area contributed by atoms with Gasteiger partial charge in [0, 0.05) is 24.8 Å². The van der Waals surface area contributed by atoms with Crippen molar-refractivity contribution in [2.24, 2.45) is 0 Å². The van der Waals surface area contributed by atoms with Crippen molar-refractivity contribution in [1.82, 2.24) is 15.2 Å². The molecule has 1 aliphatic rings. The van der Waals surface area contributed by atoms with Crippen molar-refractivity contribution in [3.63, 3.8) is 0 Å². The van der Waals surface area contributed by atoms with Gasteiger partial charge in [-0.3, -0.25) is 0 Å². The van der Waals surface area contributed by atoms with E-state index in [-0.39, 0.29) is 0 Å². The van der Waals surface area contributed by atoms with Gasteiger partial charge in [-0.05, 0) is 31.4 Å². The first-order valence-electron chi connectivity index (χ1n) is 8.09. The Morgan fingerprint density at radius 1 is 1.09 bits per heavy atom. The SMILES string of the molecule is CCc1nnc(NC2CCN(c3ccccc3)C2)nc1CC. The molecule has 3 rings (SSSR count). The van der Waals surface area contributed by atoms with Crippen molar-refractivity contribution in [3.8, 4) is 0 Å². The summed E-state index contributed by atoms with van der Waals surface area (Å²) in [5.74, 6) is 0.661. The second-order valence-electron chi connectivity index (χ2n) is 5.65. The molecule has 116 valence electrons. The second-order valence-corrected chi connectivity index (χ2v) is 5.65. The smallest absolute Gasteiger partial charge is 0.243 e. The van der Waals surface area contributed by atoms with Gasteiger partial charge >= 0.3 is 0 Å². The fourth-order valence-electron chi connectivity index (χ4n) is 2.93. The molecule has 1 saturated heterocycles. The van der Waals surface area contributed by atoms with Gasteiger partial charge in [0.05, 0.1) is 11.4 Å². The molecule has 0 saturated carbocycles. The highest BCUT2D eigenvalue weighted by Gasteiger charge is 2.23. The van der Waals surface area contributed by atoms with Crippen LogP contribution in [0.5, 0.6) is 0 Å². The van der Waals surface area contributed by atoms with Crippen molar-refractivity contribution in [1.29, 1.82) is 0 Å².